The Morgan fingerprint density at radius 2 is 1.70 bits per heavy atom. The van der Waals surface area contributed by atoms with Gasteiger partial charge in [0, 0.05) is 24.5 Å². The van der Waals surface area contributed by atoms with Crippen molar-refractivity contribution in [3.8, 4) is 0 Å². The lowest BCUT2D eigenvalue weighted by molar-refractivity contribution is -0.198. The van der Waals surface area contributed by atoms with Gasteiger partial charge in [0.2, 0.25) is 0 Å². The van der Waals surface area contributed by atoms with E-state index in [4.69, 9.17) is 23.4 Å². The van der Waals surface area contributed by atoms with Crippen molar-refractivity contribution in [2.45, 2.75) is 169 Å². The van der Waals surface area contributed by atoms with Crippen LogP contribution in [-0.4, -0.2) is 51.8 Å². The summed E-state index contributed by atoms with van der Waals surface area (Å²) in [4.78, 5) is 12.8. The summed E-state index contributed by atoms with van der Waals surface area (Å²) < 4.78 is 30.3. The molecule has 3 saturated carbocycles. The van der Waals surface area contributed by atoms with E-state index in [1.807, 2.05) is 13.8 Å². The molecule has 1 unspecified atom stereocenters. The third kappa shape index (κ3) is 7.63. The highest BCUT2D eigenvalue weighted by Crippen LogP contribution is 2.68. The molecule has 6 nitrogen and oxygen atoms in total. The van der Waals surface area contributed by atoms with Crippen LogP contribution in [-0.2, 0) is 23.4 Å². The highest BCUT2D eigenvalue weighted by Gasteiger charge is 2.62. The summed E-state index contributed by atoms with van der Waals surface area (Å²) in [6.07, 6.45) is 15.7. The number of hydrogen-bond acceptors (Lipinski definition) is 6. The fourth-order valence-corrected chi connectivity index (χ4v) is 11.5. The zero-order valence-electron chi connectivity index (χ0n) is 32.6. The van der Waals surface area contributed by atoms with Crippen LogP contribution < -0.4 is 0 Å². The number of hydrogen-bond donors (Lipinski definition) is 0. The molecule has 0 heterocycles. The van der Waals surface area contributed by atoms with Gasteiger partial charge in [-0.15, -0.1) is 0 Å². The van der Waals surface area contributed by atoms with E-state index in [1.54, 1.807) is 5.57 Å². The molecule has 10 atom stereocenters. The Morgan fingerprint density at radius 1 is 1.02 bits per heavy atom. The van der Waals surface area contributed by atoms with Crippen molar-refractivity contribution in [3.05, 3.63) is 23.8 Å². The molecule has 4 rings (SSSR count). The fraction of sp³-hybridized carbons (Fsp3) is 0.875. The molecule has 0 spiro atoms. The van der Waals surface area contributed by atoms with Crippen LogP contribution in [0.15, 0.2) is 23.8 Å². The summed E-state index contributed by atoms with van der Waals surface area (Å²) in [6.45, 7) is 29.9. The van der Waals surface area contributed by atoms with Crippen molar-refractivity contribution >= 4 is 14.5 Å². The van der Waals surface area contributed by atoms with Crippen LogP contribution in [0.4, 0.5) is 4.79 Å². The van der Waals surface area contributed by atoms with Gasteiger partial charge < -0.3 is 23.4 Å². The van der Waals surface area contributed by atoms with Crippen molar-refractivity contribution in [2.75, 3.05) is 13.7 Å². The summed E-state index contributed by atoms with van der Waals surface area (Å²) in [7, 11) is -0.394. The van der Waals surface area contributed by atoms with Gasteiger partial charge in [-0.05, 0) is 139 Å². The number of ether oxygens (including phenoxy) is 4. The average Bonchev–Trinajstić information content (AvgIpc) is 3.33. The molecule has 0 bridgehead atoms. The predicted molar refractivity (Wildman–Crippen MR) is 194 cm³/mol. The molecule has 4 aliphatic rings. The topological polar surface area (TPSA) is 63.2 Å². The van der Waals surface area contributed by atoms with Crippen LogP contribution in [0, 0.1) is 40.4 Å². The highest BCUT2D eigenvalue weighted by molar-refractivity contribution is 6.74. The van der Waals surface area contributed by atoms with E-state index in [0.717, 1.165) is 12.8 Å². The first kappa shape index (κ1) is 38.6. The van der Waals surface area contributed by atoms with Crippen molar-refractivity contribution in [3.63, 3.8) is 0 Å². The molecule has 0 saturated heterocycles. The zero-order valence-corrected chi connectivity index (χ0v) is 33.6. The SMILES string of the molecule is CCOC(C)OC(C)(C)[C@@H](C)/C=C/[C@](C)(OC(=O)OC)[C@H]1CC[C@H]2[C@@H]3CC=C4C[C@@H](O[Si](C)(C)C(C)(C)C)CC[C@]4(C)[C@H]3CC[C@@]21C. The Labute approximate surface area is 289 Å². The van der Waals surface area contributed by atoms with E-state index >= 15 is 0 Å². The first-order valence-corrected chi connectivity index (χ1v) is 21.7. The van der Waals surface area contributed by atoms with Gasteiger partial charge >= 0.3 is 6.16 Å². The lowest BCUT2D eigenvalue weighted by Crippen LogP contribution is -2.54. The van der Waals surface area contributed by atoms with Crippen molar-refractivity contribution in [1.82, 2.24) is 0 Å². The summed E-state index contributed by atoms with van der Waals surface area (Å²) in [5, 5.41) is 0.234. The van der Waals surface area contributed by atoms with E-state index in [2.05, 4.69) is 93.6 Å². The maximum absolute atomic E-state index is 12.8. The van der Waals surface area contributed by atoms with Gasteiger partial charge in [-0.3, -0.25) is 0 Å². The number of carbonyl (C=O) groups excluding carboxylic acids is 1. The third-order valence-electron chi connectivity index (χ3n) is 14.2. The average molecular weight is 675 g/mol. The Morgan fingerprint density at radius 3 is 2.32 bits per heavy atom. The van der Waals surface area contributed by atoms with E-state index in [1.165, 1.54) is 45.6 Å². The minimum atomic E-state index is -1.80. The van der Waals surface area contributed by atoms with Crippen LogP contribution in [0.5, 0.6) is 0 Å². The molecular weight excluding hydrogens is 605 g/mol. The molecule has 7 heteroatoms. The van der Waals surface area contributed by atoms with E-state index in [9.17, 15) is 4.79 Å². The van der Waals surface area contributed by atoms with Gasteiger partial charge in [0.15, 0.2) is 14.6 Å². The number of rotatable bonds is 11. The second kappa shape index (κ2) is 13.9. The third-order valence-corrected chi connectivity index (χ3v) is 18.7. The first-order chi connectivity index (χ1) is 21.6. The Kier molecular flexibility index (Phi) is 11.4. The quantitative estimate of drug-likeness (QED) is 0.0941. The van der Waals surface area contributed by atoms with Crippen LogP contribution in [0.3, 0.4) is 0 Å². The molecule has 270 valence electrons. The molecule has 0 aliphatic heterocycles. The first-order valence-electron chi connectivity index (χ1n) is 18.8. The number of fused-ring (bicyclic) bond motifs is 5. The Balaban J connectivity index is 1.55. The van der Waals surface area contributed by atoms with Gasteiger partial charge in [-0.25, -0.2) is 4.79 Å². The van der Waals surface area contributed by atoms with E-state index < -0.39 is 25.7 Å². The maximum atomic E-state index is 12.8. The highest BCUT2D eigenvalue weighted by atomic mass is 28.4. The van der Waals surface area contributed by atoms with Crippen LogP contribution in [0.2, 0.25) is 18.1 Å². The van der Waals surface area contributed by atoms with E-state index in [0.29, 0.717) is 30.5 Å². The second-order valence-corrected chi connectivity index (χ2v) is 23.1. The minimum Gasteiger partial charge on any atom is -0.438 e. The molecular formula is C40H70O6Si. The molecule has 0 aromatic rings. The molecule has 0 aromatic heterocycles. The number of carbonyl (C=O) groups is 1. The Hall–Kier alpha value is -1.15. The molecule has 3 fully saturated rings. The van der Waals surface area contributed by atoms with Crippen LogP contribution >= 0.6 is 0 Å². The van der Waals surface area contributed by atoms with Gasteiger partial charge in [0.1, 0.15) is 5.60 Å². The van der Waals surface area contributed by atoms with Crippen LogP contribution in [0.1, 0.15) is 128 Å². The largest absolute Gasteiger partial charge is 0.508 e. The smallest absolute Gasteiger partial charge is 0.438 e. The molecule has 0 aromatic carbocycles. The summed E-state index contributed by atoms with van der Waals surface area (Å²) in [5.41, 5.74) is 0.788. The van der Waals surface area contributed by atoms with Gasteiger partial charge in [-0.1, -0.05) is 59.3 Å². The van der Waals surface area contributed by atoms with Gasteiger partial charge in [0.05, 0.1) is 12.7 Å². The minimum absolute atomic E-state index is 0.0734. The summed E-state index contributed by atoms with van der Waals surface area (Å²) >= 11 is 0. The summed E-state index contributed by atoms with van der Waals surface area (Å²) in [5.74, 6) is 2.27. The molecule has 0 N–H and O–H groups in total. The molecule has 0 radical (unpaired) electrons. The summed E-state index contributed by atoms with van der Waals surface area (Å²) in [6, 6.07) is 0. The lowest BCUT2D eigenvalue weighted by atomic mass is 9.46. The second-order valence-electron chi connectivity index (χ2n) is 18.3. The van der Waals surface area contributed by atoms with Gasteiger partial charge in [0.25, 0.3) is 0 Å². The number of methoxy groups -OCH3 is 1. The maximum Gasteiger partial charge on any atom is 0.508 e. The predicted octanol–water partition coefficient (Wildman–Crippen LogP) is 10.9. The lowest BCUT2D eigenvalue weighted by Gasteiger charge is -2.59. The van der Waals surface area contributed by atoms with Crippen molar-refractivity contribution < 1.29 is 28.2 Å². The van der Waals surface area contributed by atoms with E-state index in [-0.39, 0.29) is 34.0 Å². The van der Waals surface area contributed by atoms with Crippen LogP contribution in [0.25, 0.3) is 0 Å². The fourth-order valence-electron chi connectivity index (χ4n) is 10.1. The number of allylic oxidation sites excluding steroid dienone is 1. The van der Waals surface area contributed by atoms with Crippen molar-refractivity contribution in [1.29, 1.82) is 0 Å². The molecule has 0 amide bonds. The Bertz CT molecular complexity index is 1170. The van der Waals surface area contributed by atoms with Crippen molar-refractivity contribution in [2.24, 2.45) is 40.4 Å². The zero-order chi connectivity index (χ0) is 35.2. The molecule has 4 aliphatic carbocycles. The monoisotopic (exact) mass is 674 g/mol. The van der Waals surface area contributed by atoms with Gasteiger partial charge in [-0.2, -0.15) is 0 Å². The molecule has 47 heavy (non-hydrogen) atoms. The standard InChI is InChI=1S/C40H70O6Si/c1-15-43-28(3)44-37(7,8)27(2)20-25-40(11,45-35(41)42-12)34-19-18-32-31-17-16-29-26-30(46-47(13,14)36(4,5)6)21-23-38(29,9)33(31)22-24-39(32,34)10/h16,20,25,27-28,30-34H,15,17-19,21-24,26H2,1-14H3/b25-20+/t27-,28?,30-,31-,32-,33-,34-,38-,39-,40-/m0/s1. The normalized spacial score (nSPS) is 35.6.